The molecule has 228 valence electrons. The molecular formula is C31H28F3N5O5. The molecule has 4 aromatic rings. The van der Waals surface area contributed by atoms with Crippen molar-refractivity contribution in [1.29, 1.82) is 0 Å². The van der Waals surface area contributed by atoms with Crippen molar-refractivity contribution in [3.8, 4) is 0 Å². The fraction of sp³-hybridized carbons (Fsp3) is 0.290. The molecule has 44 heavy (non-hydrogen) atoms. The number of nitrogens with one attached hydrogen (secondary N) is 2. The van der Waals surface area contributed by atoms with Crippen LogP contribution in [-0.4, -0.2) is 52.3 Å². The van der Waals surface area contributed by atoms with Gasteiger partial charge in [0.1, 0.15) is 0 Å². The highest BCUT2D eigenvalue weighted by Gasteiger charge is 2.58. The van der Waals surface area contributed by atoms with Crippen LogP contribution in [0.2, 0.25) is 0 Å². The Hall–Kier alpha value is -5.07. The molecule has 1 unspecified atom stereocenters. The van der Waals surface area contributed by atoms with E-state index in [1.54, 1.807) is 30.3 Å². The number of rotatable bonds is 6. The number of halogens is 3. The summed E-state index contributed by atoms with van der Waals surface area (Å²) < 4.78 is 47.1. The average molecular weight is 608 g/mol. The number of imidazole rings is 1. The minimum Gasteiger partial charge on any atom is -0.465 e. The highest BCUT2D eigenvalue weighted by Crippen LogP contribution is 2.49. The number of H-pyrrole nitrogens is 1. The Labute approximate surface area is 249 Å². The van der Waals surface area contributed by atoms with Crippen LogP contribution < -0.4 is 15.1 Å². The van der Waals surface area contributed by atoms with Crippen LogP contribution in [0.15, 0.2) is 66.7 Å². The molecule has 10 nitrogen and oxygen atoms in total. The van der Waals surface area contributed by atoms with E-state index in [0.717, 1.165) is 42.7 Å². The number of ether oxygens (including phenoxy) is 1. The highest BCUT2D eigenvalue weighted by atomic mass is 19.4. The molecule has 3 N–H and O–H groups in total. The molecule has 0 bridgehead atoms. The number of carboxylic acid groups (broad SMARTS) is 1. The van der Waals surface area contributed by atoms with Crippen molar-refractivity contribution in [2.75, 3.05) is 22.2 Å². The van der Waals surface area contributed by atoms with Crippen molar-refractivity contribution in [2.24, 2.45) is 0 Å². The number of anilines is 3. The number of esters is 1. The number of fused-ring (bicyclic) bond motifs is 2. The Kier molecular flexibility index (Phi) is 7.18. The molecule has 2 heterocycles. The molecule has 1 aliphatic heterocycles. The van der Waals surface area contributed by atoms with Gasteiger partial charge in [-0.3, -0.25) is 15.0 Å². The summed E-state index contributed by atoms with van der Waals surface area (Å²) in [6.45, 7) is 0. The van der Waals surface area contributed by atoms with Crippen LogP contribution in [0.25, 0.3) is 11.0 Å². The first-order valence-corrected chi connectivity index (χ1v) is 14.1. The van der Waals surface area contributed by atoms with Crippen molar-refractivity contribution in [3.05, 3.63) is 83.4 Å². The van der Waals surface area contributed by atoms with Gasteiger partial charge in [0.05, 0.1) is 16.7 Å². The van der Waals surface area contributed by atoms with E-state index in [4.69, 9.17) is 9.84 Å². The average Bonchev–Trinajstić information content (AvgIpc) is 3.52. The summed E-state index contributed by atoms with van der Waals surface area (Å²) in [5.41, 5.74) is -0.768. The number of carbonyl (C=O) groups is 3. The lowest BCUT2D eigenvalue weighted by Crippen LogP contribution is -2.50. The van der Waals surface area contributed by atoms with Gasteiger partial charge in [0.25, 0.3) is 5.91 Å². The van der Waals surface area contributed by atoms with Crippen molar-refractivity contribution in [2.45, 2.75) is 50.0 Å². The number of nitrogens with zero attached hydrogens (tertiary/aromatic N) is 3. The molecular weight excluding hydrogens is 579 g/mol. The van der Waals surface area contributed by atoms with Gasteiger partial charge in [-0.05, 0) is 49.2 Å². The fourth-order valence-corrected chi connectivity index (χ4v) is 6.20. The van der Waals surface area contributed by atoms with E-state index in [1.165, 1.54) is 30.3 Å². The Morgan fingerprint density at radius 2 is 1.82 bits per heavy atom. The summed E-state index contributed by atoms with van der Waals surface area (Å²) >= 11 is 0. The molecule has 0 saturated heterocycles. The van der Waals surface area contributed by atoms with Crippen molar-refractivity contribution in [3.63, 3.8) is 0 Å². The van der Waals surface area contributed by atoms with E-state index in [1.807, 2.05) is 13.1 Å². The van der Waals surface area contributed by atoms with E-state index in [0.29, 0.717) is 0 Å². The van der Waals surface area contributed by atoms with Crippen molar-refractivity contribution >= 4 is 46.3 Å². The maximum Gasteiger partial charge on any atom is 0.491 e. The summed E-state index contributed by atoms with van der Waals surface area (Å²) in [6.07, 6.45) is -1.43. The van der Waals surface area contributed by atoms with Gasteiger partial charge in [0, 0.05) is 35.5 Å². The minimum absolute atomic E-state index is 0.0115. The number of benzene rings is 3. The van der Waals surface area contributed by atoms with Crippen LogP contribution in [0.1, 0.15) is 53.6 Å². The lowest BCUT2D eigenvalue weighted by Gasteiger charge is -2.39. The molecule has 0 radical (unpaired) electrons. The van der Waals surface area contributed by atoms with Crippen LogP contribution >= 0.6 is 0 Å². The summed E-state index contributed by atoms with van der Waals surface area (Å²) in [6, 6.07) is 17.4. The van der Waals surface area contributed by atoms with Gasteiger partial charge in [-0.2, -0.15) is 13.2 Å². The molecule has 1 saturated carbocycles. The largest absolute Gasteiger partial charge is 0.491 e. The molecule has 1 aromatic heterocycles. The zero-order chi connectivity index (χ0) is 31.2. The van der Waals surface area contributed by atoms with E-state index in [-0.39, 0.29) is 45.4 Å². The molecule has 6 rings (SSSR count). The summed E-state index contributed by atoms with van der Waals surface area (Å²) in [5, 5.41) is 11.2. The van der Waals surface area contributed by atoms with E-state index in [2.05, 4.69) is 20.2 Å². The molecule has 1 atom stereocenters. The van der Waals surface area contributed by atoms with Crippen LogP contribution in [0.3, 0.4) is 0 Å². The van der Waals surface area contributed by atoms with Gasteiger partial charge in [-0.1, -0.05) is 49.6 Å². The molecule has 2 aliphatic rings. The van der Waals surface area contributed by atoms with Crippen molar-refractivity contribution < 1.29 is 37.4 Å². The van der Waals surface area contributed by atoms with E-state index >= 15 is 0 Å². The first kappa shape index (κ1) is 29.0. The number of carbonyl (C=O) groups excluding carboxylic acids is 2. The van der Waals surface area contributed by atoms with E-state index in [9.17, 15) is 27.6 Å². The Balaban J connectivity index is 1.56. The quantitative estimate of drug-likeness (QED) is 0.217. The van der Waals surface area contributed by atoms with Crippen LogP contribution in [0.4, 0.5) is 35.3 Å². The van der Waals surface area contributed by atoms with Gasteiger partial charge < -0.3 is 19.7 Å². The highest BCUT2D eigenvalue weighted by molar-refractivity contribution is 6.13. The SMILES string of the molecule is CN(c1cccc(N2C(=O)c3ccccc3C2(OC(=O)C(F)(F)F)c2ccc3nc(NC(=O)O)[nH]c3c2)c1)C1CCCCC1. The topological polar surface area (TPSA) is 128 Å². The lowest BCUT2D eigenvalue weighted by molar-refractivity contribution is -0.211. The predicted octanol–water partition coefficient (Wildman–Crippen LogP) is 6.39. The predicted molar refractivity (Wildman–Crippen MR) is 156 cm³/mol. The number of aromatic nitrogens is 2. The Morgan fingerprint density at radius 1 is 1.07 bits per heavy atom. The second-order valence-electron chi connectivity index (χ2n) is 10.9. The van der Waals surface area contributed by atoms with Gasteiger partial charge in [-0.15, -0.1) is 0 Å². The first-order valence-electron chi connectivity index (χ1n) is 14.1. The Bertz CT molecular complexity index is 1770. The van der Waals surface area contributed by atoms with Gasteiger partial charge >= 0.3 is 18.2 Å². The number of hydrogen-bond donors (Lipinski definition) is 3. The third-order valence-electron chi connectivity index (χ3n) is 8.23. The molecule has 1 fully saturated rings. The second kappa shape index (κ2) is 10.9. The maximum atomic E-state index is 14.1. The van der Waals surface area contributed by atoms with Crippen LogP contribution in [0, 0.1) is 0 Å². The number of amides is 2. The van der Waals surface area contributed by atoms with Gasteiger partial charge in [0.2, 0.25) is 11.7 Å². The normalized spacial score (nSPS) is 18.7. The summed E-state index contributed by atoms with van der Waals surface area (Å²) in [4.78, 5) is 48.0. The first-order chi connectivity index (χ1) is 21.0. The minimum atomic E-state index is -5.38. The molecule has 0 spiro atoms. The summed E-state index contributed by atoms with van der Waals surface area (Å²) in [5.74, 6) is -3.27. The number of aromatic amines is 1. The smallest absolute Gasteiger partial charge is 0.465 e. The van der Waals surface area contributed by atoms with Crippen LogP contribution in [-0.2, 0) is 15.3 Å². The van der Waals surface area contributed by atoms with Gasteiger partial charge in [-0.25, -0.2) is 14.6 Å². The molecule has 13 heteroatoms. The zero-order valence-electron chi connectivity index (χ0n) is 23.5. The standard InChI is InChI=1S/C31H28F3N5O5/c1-38(19-8-3-2-4-9-19)20-10-7-11-21(17-20)39-26(40)22-12-5-6-13-23(22)30(39,44-27(41)31(32,33)34)18-14-15-24-25(16-18)36-28(35-24)37-29(42)43/h5-7,10-17,19H,2-4,8-9H2,1H3,(H,42,43)(H2,35,36,37). The second-order valence-corrected chi connectivity index (χ2v) is 10.9. The summed E-state index contributed by atoms with van der Waals surface area (Å²) in [7, 11) is 1.95. The monoisotopic (exact) mass is 607 g/mol. The van der Waals surface area contributed by atoms with Crippen LogP contribution in [0.5, 0.6) is 0 Å². The number of alkyl halides is 3. The maximum absolute atomic E-state index is 14.1. The van der Waals surface area contributed by atoms with Crippen molar-refractivity contribution in [1.82, 2.24) is 9.97 Å². The molecule has 2 amide bonds. The van der Waals surface area contributed by atoms with E-state index < -0.39 is 29.9 Å². The Morgan fingerprint density at radius 3 is 2.55 bits per heavy atom. The molecule has 1 aliphatic carbocycles. The third-order valence-corrected chi connectivity index (χ3v) is 8.23. The third kappa shape index (κ3) is 4.97. The molecule has 3 aromatic carbocycles. The lowest BCUT2D eigenvalue weighted by atomic mass is 9.92. The number of hydrogen-bond acceptors (Lipinski definition) is 6. The van der Waals surface area contributed by atoms with Gasteiger partial charge in [0.15, 0.2) is 0 Å². The fourth-order valence-electron chi connectivity index (χ4n) is 6.20. The zero-order valence-corrected chi connectivity index (χ0v) is 23.5.